The summed E-state index contributed by atoms with van der Waals surface area (Å²) in [5.74, 6) is 0.616. The van der Waals surface area contributed by atoms with Crippen LogP contribution in [-0.4, -0.2) is 26.3 Å². The maximum atomic E-state index is 12.4. The Hall–Kier alpha value is -2.85. The first kappa shape index (κ1) is 15.7. The van der Waals surface area contributed by atoms with Crippen molar-refractivity contribution in [2.75, 3.05) is 31.2 Å². The zero-order valence-corrected chi connectivity index (χ0v) is 13.9. The van der Waals surface area contributed by atoms with E-state index in [1.807, 2.05) is 60.7 Å². The molecular formula is C21H19NO3. The van der Waals surface area contributed by atoms with Gasteiger partial charge >= 0.3 is 0 Å². The normalized spacial score (nSPS) is 15.1. The molecule has 0 amide bonds. The van der Waals surface area contributed by atoms with Gasteiger partial charge in [0.05, 0.1) is 18.6 Å². The van der Waals surface area contributed by atoms with Gasteiger partial charge in [-0.15, -0.1) is 0 Å². The molecule has 1 aliphatic rings. The van der Waals surface area contributed by atoms with Gasteiger partial charge in [0.1, 0.15) is 5.58 Å². The fourth-order valence-electron chi connectivity index (χ4n) is 2.96. The summed E-state index contributed by atoms with van der Waals surface area (Å²) < 4.78 is 11.4. The third-order valence-electron chi connectivity index (χ3n) is 4.33. The van der Waals surface area contributed by atoms with Crippen LogP contribution in [0, 0.1) is 0 Å². The molecule has 0 unspecified atom stereocenters. The minimum absolute atomic E-state index is 0.0127. The fourth-order valence-corrected chi connectivity index (χ4v) is 2.96. The first-order valence-corrected chi connectivity index (χ1v) is 8.43. The summed E-state index contributed by atoms with van der Waals surface area (Å²) in [7, 11) is 0. The second kappa shape index (κ2) is 6.95. The van der Waals surface area contributed by atoms with E-state index in [1.165, 1.54) is 0 Å². The zero-order valence-electron chi connectivity index (χ0n) is 13.9. The molecule has 4 nitrogen and oxygen atoms in total. The molecule has 1 saturated heterocycles. The van der Waals surface area contributed by atoms with Crippen molar-refractivity contribution in [3.05, 3.63) is 75.9 Å². The van der Waals surface area contributed by atoms with Crippen LogP contribution >= 0.6 is 0 Å². The molecule has 0 spiro atoms. The van der Waals surface area contributed by atoms with Gasteiger partial charge in [-0.1, -0.05) is 48.6 Å². The Morgan fingerprint density at radius 1 is 0.880 bits per heavy atom. The van der Waals surface area contributed by atoms with E-state index in [9.17, 15) is 4.79 Å². The quantitative estimate of drug-likeness (QED) is 0.684. The van der Waals surface area contributed by atoms with E-state index in [-0.39, 0.29) is 5.43 Å². The average molecular weight is 333 g/mol. The summed E-state index contributed by atoms with van der Waals surface area (Å²) >= 11 is 0. The minimum Gasteiger partial charge on any atom is -0.440 e. The van der Waals surface area contributed by atoms with Crippen molar-refractivity contribution in [3.8, 4) is 0 Å². The lowest BCUT2D eigenvalue weighted by Crippen LogP contribution is -2.36. The highest BCUT2D eigenvalue weighted by Gasteiger charge is 2.15. The number of nitrogens with zero attached hydrogens (tertiary/aromatic N) is 1. The Balaban J connectivity index is 1.68. The van der Waals surface area contributed by atoms with E-state index in [2.05, 4.69) is 4.90 Å². The Bertz CT molecular complexity index is 954. The molecule has 0 aliphatic carbocycles. The van der Waals surface area contributed by atoms with E-state index in [1.54, 1.807) is 6.07 Å². The predicted octanol–water partition coefficient (Wildman–Crippen LogP) is 3.80. The maximum absolute atomic E-state index is 12.4. The van der Waals surface area contributed by atoms with Gasteiger partial charge in [0, 0.05) is 19.2 Å². The largest absolute Gasteiger partial charge is 0.440 e. The summed E-state index contributed by atoms with van der Waals surface area (Å²) in [6.45, 7) is 2.79. The second-order valence-corrected chi connectivity index (χ2v) is 6.05. The topological polar surface area (TPSA) is 42.7 Å². The van der Waals surface area contributed by atoms with E-state index >= 15 is 0 Å². The van der Waals surface area contributed by atoms with Crippen LogP contribution in [0.4, 0.5) is 5.88 Å². The number of rotatable bonds is 3. The van der Waals surface area contributed by atoms with E-state index in [4.69, 9.17) is 9.15 Å². The lowest BCUT2D eigenvalue weighted by Gasteiger charge is -2.27. The van der Waals surface area contributed by atoms with Crippen LogP contribution in [-0.2, 0) is 4.74 Å². The van der Waals surface area contributed by atoms with Crippen LogP contribution in [0.25, 0.3) is 23.1 Å². The predicted molar refractivity (Wildman–Crippen MR) is 101 cm³/mol. The summed E-state index contributed by atoms with van der Waals surface area (Å²) in [4.78, 5) is 14.4. The number of morpholine rings is 1. The van der Waals surface area contributed by atoms with Crippen molar-refractivity contribution in [2.24, 2.45) is 0 Å². The van der Waals surface area contributed by atoms with Crippen LogP contribution in [0.5, 0.6) is 0 Å². The van der Waals surface area contributed by atoms with Crippen molar-refractivity contribution < 1.29 is 9.15 Å². The van der Waals surface area contributed by atoms with Gasteiger partial charge in [0.2, 0.25) is 0 Å². The molecule has 126 valence electrons. The number of ether oxygens (including phenoxy) is 1. The van der Waals surface area contributed by atoms with E-state index in [0.29, 0.717) is 30.1 Å². The summed E-state index contributed by atoms with van der Waals surface area (Å²) in [6, 6.07) is 17.4. The lowest BCUT2D eigenvalue weighted by atomic mass is 10.1. The first-order valence-electron chi connectivity index (χ1n) is 8.43. The van der Waals surface area contributed by atoms with Crippen LogP contribution in [0.1, 0.15) is 11.1 Å². The fraction of sp³-hybridized carbons (Fsp3) is 0.190. The van der Waals surface area contributed by atoms with Gasteiger partial charge in [0.15, 0.2) is 11.3 Å². The third kappa shape index (κ3) is 3.49. The van der Waals surface area contributed by atoms with Crippen molar-refractivity contribution in [3.63, 3.8) is 0 Å². The van der Waals surface area contributed by atoms with Crippen LogP contribution in [0.15, 0.2) is 63.8 Å². The molecule has 0 bridgehead atoms. The molecule has 4 rings (SSSR count). The van der Waals surface area contributed by atoms with Crippen LogP contribution < -0.4 is 10.3 Å². The maximum Gasteiger partial charge on any atom is 0.200 e. The summed E-state index contributed by atoms with van der Waals surface area (Å²) in [5, 5.41) is 0.605. The number of benzene rings is 2. The van der Waals surface area contributed by atoms with Gasteiger partial charge in [0.25, 0.3) is 0 Å². The highest BCUT2D eigenvalue weighted by molar-refractivity contribution is 5.82. The number of hydrogen-bond donors (Lipinski definition) is 0. The third-order valence-corrected chi connectivity index (χ3v) is 4.33. The van der Waals surface area contributed by atoms with Gasteiger partial charge in [-0.3, -0.25) is 4.79 Å². The smallest absolute Gasteiger partial charge is 0.200 e. The lowest BCUT2D eigenvalue weighted by molar-refractivity contribution is 0.121. The molecule has 0 N–H and O–H groups in total. The van der Waals surface area contributed by atoms with Crippen molar-refractivity contribution >= 4 is 29.0 Å². The minimum atomic E-state index is -0.0127. The monoisotopic (exact) mass is 333 g/mol. The van der Waals surface area contributed by atoms with Crippen molar-refractivity contribution in [1.82, 2.24) is 0 Å². The van der Waals surface area contributed by atoms with Gasteiger partial charge in [-0.05, 0) is 23.3 Å². The van der Waals surface area contributed by atoms with Gasteiger partial charge < -0.3 is 14.1 Å². The Kier molecular flexibility index (Phi) is 4.36. The molecule has 1 aromatic heterocycles. The average Bonchev–Trinajstić information content (AvgIpc) is 2.67. The number of fused-ring (bicyclic) bond motifs is 1. The van der Waals surface area contributed by atoms with Crippen LogP contribution in [0.2, 0.25) is 0 Å². The van der Waals surface area contributed by atoms with E-state index in [0.717, 1.165) is 24.2 Å². The molecule has 1 aliphatic heterocycles. The molecule has 0 atom stereocenters. The highest BCUT2D eigenvalue weighted by Crippen LogP contribution is 2.22. The molecule has 2 aromatic carbocycles. The van der Waals surface area contributed by atoms with Crippen molar-refractivity contribution in [1.29, 1.82) is 0 Å². The number of anilines is 1. The van der Waals surface area contributed by atoms with Gasteiger partial charge in [-0.2, -0.15) is 0 Å². The molecule has 1 fully saturated rings. The standard InChI is InChI=1S/C21H19NO3/c23-19-15-21(22-10-12-24-13-11-22)25-20-14-17(8-9-18(19)20)7-6-16-4-2-1-3-5-16/h1-9,14-15H,10-13H2. The first-order chi connectivity index (χ1) is 12.3. The van der Waals surface area contributed by atoms with Crippen LogP contribution in [0.3, 0.4) is 0 Å². The molecular weight excluding hydrogens is 314 g/mol. The second-order valence-electron chi connectivity index (χ2n) is 6.05. The Morgan fingerprint density at radius 2 is 1.64 bits per heavy atom. The molecule has 2 heterocycles. The Morgan fingerprint density at radius 3 is 2.44 bits per heavy atom. The SMILES string of the molecule is O=c1cc(N2CCOCC2)oc2cc(C=Cc3ccccc3)ccc12. The summed E-state index contributed by atoms with van der Waals surface area (Å²) in [6.07, 6.45) is 4.07. The van der Waals surface area contributed by atoms with Crippen molar-refractivity contribution in [2.45, 2.75) is 0 Å². The summed E-state index contributed by atoms with van der Waals surface area (Å²) in [5.41, 5.74) is 2.73. The molecule has 25 heavy (non-hydrogen) atoms. The zero-order chi connectivity index (χ0) is 17.1. The Labute approximate surface area is 146 Å². The number of hydrogen-bond acceptors (Lipinski definition) is 4. The molecule has 4 heteroatoms. The molecule has 3 aromatic rings. The molecule has 0 saturated carbocycles. The highest BCUT2D eigenvalue weighted by atomic mass is 16.5. The van der Waals surface area contributed by atoms with E-state index < -0.39 is 0 Å². The molecule has 0 radical (unpaired) electrons. The van der Waals surface area contributed by atoms with Gasteiger partial charge in [-0.25, -0.2) is 0 Å².